The SMILES string of the molecule is CC(=O)N1CCC[C@@H](O)[C@@H]1CCC=O. The van der Waals surface area contributed by atoms with Crippen molar-refractivity contribution in [2.75, 3.05) is 6.54 Å². The fourth-order valence-electron chi connectivity index (χ4n) is 2.01. The van der Waals surface area contributed by atoms with Gasteiger partial charge in [-0.3, -0.25) is 4.79 Å². The molecule has 1 amide bonds. The second-order valence-electron chi connectivity index (χ2n) is 3.73. The number of hydrogen-bond donors (Lipinski definition) is 1. The number of aldehydes is 1. The first-order valence-electron chi connectivity index (χ1n) is 5.05. The first kappa shape index (κ1) is 11.2. The lowest BCUT2D eigenvalue weighted by Gasteiger charge is -2.38. The van der Waals surface area contributed by atoms with E-state index in [-0.39, 0.29) is 11.9 Å². The van der Waals surface area contributed by atoms with Crippen LogP contribution >= 0.6 is 0 Å². The maximum Gasteiger partial charge on any atom is 0.219 e. The normalized spacial score (nSPS) is 27.4. The number of likely N-dealkylation sites (tertiary alicyclic amines) is 1. The molecule has 14 heavy (non-hydrogen) atoms. The highest BCUT2D eigenvalue weighted by atomic mass is 16.3. The van der Waals surface area contributed by atoms with Crippen molar-refractivity contribution in [2.45, 2.75) is 44.8 Å². The third kappa shape index (κ3) is 2.54. The number of rotatable bonds is 3. The number of carbonyl (C=O) groups is 2. The summed E-state index contributed by atoms with van der Waals surface area (Å²) < 4.78 is 0. The molecule has 1 heterocycles. The van der Waals surface area contributed by atoms with Crippen molar-refractivity contribution in [3.8, 4) is 0 Å². The molecular weight excluding hydrogens is 182 g/mol. The van der Waals surface area contributed by atoms with E-state index in [9.17, 15) is 14.7 Å². The van der Waals surface area contributed by atoms with Gasteiger partial charge in [0.15, 0.2) is 0 Å². The molecule has 2 atom stereocenters. The minimum Gasteiger partial charge on any atom is -0.391 e. The van der Waals surface area contributed by atoms with E-state index in [1.54, 1.807) is 4.90 Å². The number of carbonyl (C=O) groups excluding carboxylic acids is 2. The molecule has 4 heteroatoms. The topological polar surface area (TPSA) is 57.6 Å². The van der Waals surface area contributed by atoms with E-state index < -0.39 is 6.10 Å². The van der Waals surface area contributed by atoms with Crippen molar-refractivity contribution >= 4 is 12.2 Å². The summed E-state index contributed by atoms with van der Waals surface area (Å²) >= 11 is 0. The third-order valence-electron chi connectivity index (χ3n) is 2.73. The fourth-order valence-corrected chi connectivity index (χ4v) is 2.01. The summed E-state index contributed by atoms with van der Waals surface area (Å²) in [5.74, 6) is -0.0142. The zero-order valence-corrected chi connectivity index (χ0v) is 8.48. The Bertz CT molecular complexity index is 217. The number of hydrogen-bond acceptors (Lipinski definition) is 3. The number of aliphatic hydroxyl groups excluding tert-OH is 1. The van der Waals surface area contributed by atoms with E-state index in [0.717, 1.165) is 19.1 Å². The zero-order valence-electron chi connectivity index (χ0n) is 8.48. The molecule has 1 rings (SSSR count). The van der Waals surface area contributed by atoms with Crippen LogP contribution in [0.2, 0.25) is 0 Å². The van der Waals surface area contributed by atoms with Crippen LogP contribution in [-0.4, -0.2) is 40.9 Å². The maximum absolute atomic E-state index is 11.2. The Labute approximate surface area is 83.9 Å². The second-order valence-corrected chi connectivity index (χ2v) is 3.73. The van der Waals surface area contributed by atoms with Crippen LogP contribution in [0.25, 0.3) is 0 Å². The van der Waals surface area contributed by atoms with E-state index in [2.05, 4.69) is 0 Å². The van der Waals surface area contributed by atoms with E-state index >= 15 is 0 Å². The predicted molar refractivity (Wildman–Crippen MR) is 51.7 cm³/mol. The second kappa shape index (κ2) is 5.10. The first-order chi connectivity index (χ1) is 6.66. The van der Waals surface area contributed by atoms with Crippen molar-refractivity contribution in [2.24, 2.45) is 0 Å². The Hall–Kier alpha value is -0.900. The molecule has 0 spiro atoms. The highest BCUT2D eigenvalue weighted by Gasteiger charge is 2.30. The Morgan fingerprint density at radius 2 is 2.36 bits per heavy atom. The van der Waals surface area contributed by atoms with Crippen LogP contribution in [-0.2, 0) is 9.59 Å². The molecule has 1 fully saturated rings. The van der Waals surface area contributed by atoms with Crippen LogP contribution in [0.1, 0.15) is 32.6 Å². The van der Waals surface area contributed by atoms with Crippen LogP contribution in [0.3, 0.4) is 0 Å². The summed E-state index contributed by atoms with van der Waals surface area (Å²) in [7, 11) is 0. The van der Waals surface area contributed by atoms with Crippen LogP contribution in [0.4, 0.5) is 0 Å². The predicted octanol–water partition coefficient (Wildman–Crippen LogP) is 0.337. The van der Waals surface area contributed by atoms with E-state index in [0.29, 0.717) is 19.4 Å². The van der Waals surface area contributed by atoms with Gasteiger partial charge in [0.1, 0.15) is 6.29 Å². The van der Waals surface area contributed by atoms with Gasteiger partial charge < -0.3 is 14.8 Å². The average Bonchev–Trinajstić information content (AvgIpc) is 2.15. The highest BCUT2D eigenvalue weighted by Crippen LogP contribution is 2.21. The van der Waals surface area contributed by atoms with E-state index in [1.165, 1.54) is 6.92 Å². The summed E-state index contributed by atoms with van der Waals surface area (Å²) in [5, 5.41) is 9.71. The molecule has 1 N–H and O–H groups in total. The Kier molecular flexibility index (Phi) is 4.07. The third-order valence-corrected chi connectivity index (χ3v) is 2.73. The summed E-state index contributed by atoms with van der Waals surface area (Å²) in [4.78, 5) is 23.2. The van der Waals surface area contributed by atoms with Crippen LogP contribution < -0.4 is 0 Å². The molecular formula is C10H17NO3. The van der Waals surface area contributed by atoms with Gasteiger partial charge in [-0.25, -0.2) is 0 Å². The van der Waals surface area contributed by atoms with Crippen LogP contribution in [0.5, 0.6) is 0 Å². The largest absolute Gasteiger partial charge is 0.391 e. The average molecular weight is 199 g/mol. The van der Waals surface area contributed by atoms with Crippen molar-refractivity contribution in [1.82, 2.24) is 4.90 Å². The van der Waals surface area contributed by atoms with Gasteiger partial charge >= 0.3 is 0 Å². The minimum atomic E-state index is -0.465. The minimum absolute atomic E-state index is 0.0142. The Morgan fingerprint density at radius 3 is 2.93 bits per heavy atom. The lowest BCUT2D eigenvalue weighted by atomic mass is 9.95. The van der Waals surface area contributed by atoms with Gasteiger partial charge in [0, 0.05) is 19.9 Å². The van der Waals surface area contributed by atoms with Crippen molar-refractivity contribution < 1.29 is 14.7 Å². The summed E-state index contributed by atoms with van der Waals surface area (Å²) in [5.41, 5.74) is 0. The molecule has 0 aromatic carbocycles. The number of aliphatic hydroxyl groups is 1. The molecule has 0 saturated carbocycles. The summed E-state index contributed by atoms with van der Waals surface area (Å²) in [6.45, 7) is 2.21. The number of nitrogens with zero attached hydrogens (tertiary/aromatic N) is 1. The Morgan fingerprint density at radius 1 is 1.64 bits per heavy atom. The van der Waals surface area contributed by atoms with Crippen molar-refractivity contribution in [3.63, 3.8) is 0 Å². The van der Waals surface area contributed by atoms with E-state index in [1.807, 2.05) is 0 Å². The molecule has 80 valence electrons. The quantitative estimate of drug-likeness (QED) is 0.667. The molecule has 0 aromatic rings. The van der Waals surface area contributed by atoms with Gasteiger partial charge in [0.2, 0.25) is 5.91 Å². The summed E-state index contributed by atoms with van der Waals surface area (Å²) in [6.07, 6.45) is 2.92. The van der Waals surface area contributed by atoms with Gasteiger partial charge in [-0.15, -0.1) is 0 Å². The highest BCUT2D eigenvalue weighted by molar-refractivity contribution is 5.73. The molecule has 0 aromatic heterocycles. The van der Waals surface area contributed by atoms with Gasteiger partial charge in [-0.2, -0.15) is 0 Å². The molecule has 1 aliphatic rings. The van der Waals surface area contributed by atoms with Crippen molar-refractivity contribution in [3.05, 3.63) is 0 Å². The fraction of sp³-hybridized carbons (Fsp3) is 0.800. The van der Waals surface area contributed by atoms with Gasteiger partial charge in [0.25, 0.3) is 0 Å². The lowest BCUT2D eigenvalue weighted by Crippen LogP contribution is -2.50. The standard InChI is InChI=1S/C10H17NO3/c1-8(13)11-6-2-5-10(14)9(11)4-3-7-12/h7,9-10,14H,2-6H2,1H3/t9-,10+/m0/s1. The van der Waals surface area contributed by atoms with Gasteiger partial charge in [-0.05, 0) is 19.3 Å². The van der Waals surface area contributed by atoms with E-state index in [4.69, 9.17) is 0 Å². The summed E-state index contributed by atoms with van der Waals surface area (Å²) in [6, 6.07) is -0.161. The first-order valence-corrected chi connectivity index (χ1v) is 5.05. The molecule has 1 saturated heterocycles. The molecule has 0 bridgehead atoms. The van der Waals surface area contributed by atoms with Gasteiger partial charge in [-0.1, -0.05) is 0 Å². The Balaban J connectivity index is 2.60. The molecule has 0 unspecified atom stereocenters. The molecule has 4 nitrogen and oxygen atoms in total. The van der Waals surface area contributed by atoms with Crippen LogP contribution in [0, 0.1) is 0 Å². The number of amides is 1. The smallest absolute Gasteiger partial charge is 0.219 e. The molecule has 1 aliphatic heterocycles. The monoisotopic (exact) mass is 199 g/mol. The lowest BCUT2D eigenvalue weighted by molar-refractivity contribution is -0.137. The zero-order chi connectivity index (χ0) is 10.6. The maximum atomic E-state index is 11.2. The van der Waals surface area contributed by atoms with Crippen LogP contribution in [0.15, 0.2) is 0 Å². The number of piperidine rings is 1. The molecule has 0 radical (unpaired) electrons. The van der Waals surface area contributed by atoms with Crippen molar-refractivity contribution in [1.29, 1.82) is 0 Å². The van der Waals surface area contributed by atoms with Gasteiger partial charge in [0.05, 0.1) is 12.1 Å². The molecule has 0 aliphatic carbocycles.